The Labute approximate surface area is 82.5 Å². The van der Waals surface area contributed by atoms with Crippen LogP contribution in [0.25, 0.3) is 0 Å². The standard InChI is InChI=1S/C10H13N3O/c1-6-4-8(6)13-9-3-2-7(5-12-9)10(11)14/h2-3,5-6,8H,4H2,1H3,(H2,11,14)(H,12,13). The van der Waals surface area contributed by atoms with E-state index in [9.17, 15) is 4.79 Å². The predicted octanol–water partition coefficient (Wildman–Crippen LogP) is 1.00. The molecule has 74 valence electrons. The van der Waals surface area contributed by atoms with Gasteiger partial charge in [0.05, 0.1) is 5.56 Å². The third-order valence-corrected chi connectivity index (χ3v) is 2.49. The average molecular weight is 191 g/mol. The monoisotopic (exact) mass is 191 g/mol. The molecule has 2 atom stereocenters. The molecule has 4 nitrogen and oxygen atoms in total. The van der Waals surface area contributed by atoms with Gasteiger partial charge in [-0.05, 0) is 24.5 Å². The first-order valence-corrected chi connectivity index (χ1v) is 4.69. The van der Waals surface area contributed by atoms with E-state index in [0.717, 1.165) is 11.7 Å². The van der Waals surface area contributed by atoms with Crippen molar-refractivity contribution in [2.75, 3.05) is 5.32 Å². The lowest BCUT2D eigenvalue weighted by molar-refractivity contribution is 0.1000. The number of nitrogens with zero attached hydrogens (tertiary/aromatic N) is 1. The maximum absolute atomic E-state index is 10.8. The smallest absolute Gasteiger partial charge is 0.250 e. The largest absolute Gasteiger partial charge is 0.367 e. The summed E-state index contributed by atoms with van der Waals surface area (Å²) in [5.41, 5.74) is 5.54. The molecule has 4 heteroatoms. The van der Waals surface area contributed by atoms with Crippen molar-refractivity contribution in [1.82, 2.24) is 4.98 Å². The van der Waals surface area contributed by atoms with Gasteiger partial charge < -0.3 is 11.1 Å². The minimum Gasteiger partial charge on any atom is -0.367 e. The quantitative estimate of drug-likeness (QED) is 0.749. The van der Waals surface area contributed by atoms with Gasteiger partial charge in [0.25, 0.3) is 0 Å². The van der Waals surface area contributed by atoms with E-state index in [1.54, 1.807) is 12.1 Å². The van der Waals surface area contributed by atoms with Crippen LogP contribution in [0.1, 0.15) is 23.7 Å². The number of anilines is 1. The lowest BCUT2D eigenvalue weighted by Crippen LogP contribution is -2.12. The van der Waals surface area contributed by atoms with Crippen molar-refractivity contribution in [3.05, 3.63) is 23.9 Å². The van der Waals surface area contributed by atoms with Crippen molar-refractivity contribution in [2.45, 2.75) is 19.4 Å². The number of rotatable bonds is 3. The molecule has 1 aromatic rings. The summed E-state index contributed by atoms with van der Waals surface area (Å²) in [5, 5.41) is 3.27. The summed E-state index contributed by atoms with van der Waals surface area (Å²) in [5.74, 6) is 1.10. The second-order valence-electron chi connectivity index (χ2n) is 3.76. The van der Waals surface area contributed by atoms with Gasteiger partial charge in [0.15, 0.2) is 0 Å². The Hall–Kier alpha value is -1.58. The van der Waals surface area contributed by atoms with Crippen LogP contribution in [-0.2, 0) is 0 Å². The summed E-state index contributed by atoms with van der Waals surface area (Å²) < 4.78 is 0. The van der Waals surface area contributed by atoms with E-state index < -0.39 is 5.91 Å². The number of nitrogens with two attached hydrogens (primary N) is 1. The first-order valence-electron chi connectivity index (χ1n) is 4.69. The SMILES string of the molecule is CC1CC1Nc1ccc(C(N)=O)cn1. The van der Waals surface area contributed by atoms with Crippen molar-refractivity contribution in [3.63, 3.8) is 0 Å². The molecule has 0 bridgehead atoms. The zero-order chi connectivity index (χ0) is 10.1. The van der Waals surface area contributed by atoms with E-state index >= 15 is 0 Å². The predicted molar refractivity (Wildman–Crippen MR) is 53.9 cm³/mol. The summed E-state index contributed by atoms with van der Waals surface area (Å²) in [6.45, 7) is 2.19. The molecule has 1 aromatic heterocycles. The van der Waals surface area contributed by atoms with E-state index in [4.69, 9.17) is 5.73 Å². The Bertz CT molecular complexity index is 347. The molecule has 0 radical (unpaired) electrons. The van der Waals surface area contributed by atoms with Crippen LogP contribution >= 0.6 is 0 Å². The zero-order valence-electron chi connectivity index (χ0n) is 8.03. The number of hydrogen-bond acceptors (Lipinski definition) is 3. The number of hydrogen-bond donors (Lipinski definition) is 2. The molecular formula is C10H13N3O. The number of primary amides is 1. The Kier molecular flexibility index (Phi) is 2.11. The molecule has 2 unspecified atom stereocenters. The van der Waals surface area contributed by atoms with Crippen molar-refractivity contribution >= 4 is 11.7 Å². The van der Waals surface area contributed by atoms with E-state index in [1.807, 2.05) is 0 Å². The first kappa shape index (κ1) is 8.99. The fourth-order valence-electron chi connectivity index (χ4n) is 1.34. The van der Waals surface area contributed by atoms with Crippen LogP contribution in [0.15, 0.2) is 18.3 Å². The fraction of sp³-hybridized carbons (Fsp3) is 0.400. The lowest BCUT2D eigenvalue weighted by Gasteiger charge is -2.03. The van der Waals surface area contributed by atoms with Gasteiger partial charge in [-0.25, -0.2) is 4.98 Å². The molecule has 1 amide bonds. The van der Waals surface area contributed by atoms with Crippen LogP contribution in [-0.4, -0.2) is 16.9 Å². The molecule has 0 aliphatic heterocycles. The van der Waals surface area contributed by atoms with Crippen LogP contribution in [0.3, 0.4) is 0 Å². The molecule has 1 heterocycles. The summed E-state index contributed by atoms with van der Waals surface area (Å²) in [7, 11) is 0. The topological polar surface area (TPSA) is 68.0 Å². The molecule has 1 aliphatic carbocycles. The maximum Gasteiger partial charge on any atom is 0.250 e. The number of pyridine rings is 1. The fourth-order valence-corrected chi connectivity index (χ4v) is 1.34. The van der Waals surface area contributed by atoms with Gasteiger partial charge in [0.2, 0.25) is 5.91 Å². The Balaban J connectivity index is 2.02. The third kappa shape index (κ3) is 1.84. The second kappa shape index (κ2) is 3.29. The highest BCUT2D eigenvalue weighted by Gasteiger charge is 2.32. The highest BCUT2D eigenvalue weighted by Crippen LogP contribution is 2.31. The minimum atomic E-state index is -0.441. The van der Waals surface area contributed by atoms with Crippen molar-refractivity contribution in [2.24, 2.45) is 11.7 Å². The van der Waals surface area contributed by atoms with Gasteiger partial charge in [0.1, 0.15) is 5.82 Å². The van der Waals surface area contributed by atoms with Gasteiger partial charge in [-0.1, -0.05) is 6.92 Å². The lowest BCUT2D eigenvalue weighted by atomic mass is 10.3. The summed E-state index contributed by atoms with van der Waals surface area (Å²) in [4.78, 5) is 14.9. The van der Waals surface area contributed by atoms with Crippen molar-refractivity contribution < 1.29 is 4.79 Å². The van der Waals surface area contributed by atoms with Gasteiger partial charge in [-0.15, -0.1) is 0 Å². The Morgan fingerprint density at radius 3 is 2.79 bits per heavy atom. The molecule has 0 spiro atoms. The average Bonchev–Trinajstić information content (AvgIpc) is 2.82. The molecule has 2 rings (SSSR count). The van der Waals surface area contributed by atoms with Gasteiger partial charge in [-0.3, -0.25) is 4.79 Å². The molecule has 0 aromatic carbocycles. The van der Waals surface area contributed by atoms with Crippen LogP contribution in [0.5, 0.6) is 0 Å². The van der Waals surface area contributed by atoms with Gasteiger partial charge >= 0.3 is 0 Å². The number of amides is 1. The van der Waals surface area contributed by atoms with Crippen molar-refractivity contribution in [3.8, 4) is 0 Å². The summed E-state index contributed by atoms with van der Waals surface area (Å²) in [6.07, 6.45) is 2.69. The maximum atomic E-state index is 10.8. The highest BCUT2D eigenvalue weighted by molar-refractivity contribution is 5.92. The van der Waals surface area contributed by atoms with E-state index in [1.165, 1.54) is 12.6 Å². The number of carbonyl (C=O) groups excluding carboxylic acids is 1. The summed E-state index contributed by atoms with van der Waals surface area (Å²) in [6, 6.07) is 4.01. The van der Waals surface area contributed by atoms with Crippen LogP contribution in [0, 0.1) is 5.92 Å². The number of nitrogens with one attached hydrogen (secondary N) is 1. The zero-order valence-corrected chi connectivity index (χ0v) is 8.03. The molecule has 0 saturated heterocycles. The van der Waals surface area contributed by atoms with Gasteiger partial charge in [-0.2, -0.15) is 0 Å². The van der Waals surface area contributed by atoms with E-state index in [-0.39, 0.29) is 0 Å². The number of aromatic nitrogens is 1. The number of carbonyl (C=O) groups is 1. The second-order valence-corrected chi connectivity index (χ2v) is 3.76. The Morgan fingerprint density at radius 2 is 2.36 bits per heavy atom. The molecule has 1 fully saturated rings. The molecule has 14 heavy (non-hydrogen) atoms. The first-order chi connectivity index (χ1) is 6.66. The Morgan fingerprint density at radius 1 is 1.64 bits per heavy atom. The van der Waals surface area contributed by atoms with Gasteiger partial charge in [0, 0.05) is 12.2 Å². The molecule has 3 N–H and O–H groups in total. The molecule has 1 saturated carbocycles. The van der Waals surface area contributed by atoms with Crippen molar-refractivity contribution in [1.29, 1.82) is 0 Å². The third-order valence-electron chi connectivity index (χ3n) is 2.49. The van der Waals surface area contributed by atoms with Crippen LogP contribution in [0.2, 0.25) is 0 Å². The molecule has 1 aliphatic rings. The minimum absolute atomic E-state index is 0.441. The normalized spacial score (nSPS) is 24.4. The van der Waals surface area contributed by atoms with Crippen LogP contribution < -0.4 is 11.1 Å². The molecular weight excluding hydrogens is 178 g/mol. The highest BCUT2D eigenvalue weighted by atomic mass is 16.1. The van der Waals surface area contributed by atoms with E-state index in [0.29, 0.717) is 11.6 Å². The van der Waals surface area contributed by atoms with Crippen LogP contribution in [0.4, 0.5) is 5.82 Å². The van der Waals surface area contributed by atoms with E-state index in [2.05, 4.69) is 17.2 Å². The summed E-state index contributed by atoms with van der Waals surface area (Å²) >= 11 is 0.